The van der Waals surface area contributed by atoms with Crippen LogP contribution in [0.3, 0.4) is 0 Å². The summed E-state index contributed by atoms with van der Waals surface area (Å²) >= 11 is 1.39. The van der Waals surface area contributed by atoms with Crippen molar-refractivity contribution in [2.24, 2.45) is 11.8 Å². The fraction of sp³-hybridized carbons (Fsp3) is 0.583. The van der Waals surface area contributed by atoms with E-state index < -0.39 is 45.5 Å². The lowest BCUT2D eigenvalue weighted by atomic mass is 9.65. The summed E-state index contributed by atoms with van der Waals surface area (Å²) in [4.78, 5) is 28.0. The fourth-order valence-electron chi connectivity index (χ4n) is 8.69. The first kappa shape index (κ1) is 47.8. The van der Waals surface area contributed by atoms with Crippen molar-refractivity contribution < 1.29 is 33.0 Å². The molecule has 1 saturated carbocycles. The SMILES string of the molecule is C=C[C@H](CC#C[C@@H]1[C@@H](CC(O)C2(Sc3ccccc3)C[C@H](CC(=C)C)OC2=O)[C@@H](O[Si](C)(C)C(C)(C)C)[C@@H]1O[Si](C(C)C)(C(C)C)C(C)C)OC(=O)c1ccccc1. The lowest BCUT2D eigenvalue weighted by molar-refractivity contribution is -0.149. The lowest BCUT2D eigenvalue weighted by Crippen LogP contribution is -2.67. The largest absolute Gasteiger partial charge is 0.461 e. The number of aliphatic hydroxyl groups is 1. The van der Waals surface area contributed by atoms with E-state index in [1.165, 1.54) is 11.8 Å². The maximum Gasteiger partial charge on any atom is 0.338 e. The Morgan fingerprint density at radius 1 is 0.983 bits per heavy atom. The lowest BCUT2D eigenvalue weighted by Gasteiger charge is -2.58. The number of aliphatic hydroxyl groups excluding tert-OH is 1. The van der Waals surface area contributed by atoms with E-state index in [-0.39, 0.29) is 48.0 Å². The molecule has 1 aliphatic heterocycles. The number of cyclic esters (lactones) is 1. The van der Waals surface area contributed by atoms with Gasteiger partial charge < -0.3 is 23.4 Å². The number of carbonyl (C=O) groups is 2. The molecule has 1 saturated heterocycles. The van der Waals surface area contributed by atoms with E-state index in [0.717, 1.165) is 10.5 Å². The van der Waals surface area contributed by atoms with Gasteiger partial charge in [0.2, 0.25) is 8.32 Å². The van der Waals surface area contributed by atoms with E-state index in [9.17, 15) is 14.7 Å². The van der Waals surface area contributed by atoms with Gasteiger partial charge in [-0.15, -0.1) is 18.3 Å². The summed E-state index contributed by atoms with van der Waals surface area (Å²) in [5, 5.41) is 12.5. The van der Waals surface area contributed by atoms with Gasteiger partial charge in [0.1, 0.15) is 17.0 Å². The zero-order valence-corrected chi connectivity index (χ0v) is 40.0. The molecule has 7 nitrogen and oxygen atoms in total. The highest BCUT2D eigenvalue weighted by Gasteiger charge is 2.62. The molecule has 0 bridgehead atoms. The van der Waals surface area contributed by atoms with Gasteiger partial charge in [-0.05, 0) is 72.4 Å². The first-order chi connectivity index (χ1) is 27.1. The van der Waals surface area contributed by atoms with Gasteiger partial charge in [-0.3, -0.25) is 4.79 Å². The molecule has 58 heavy (non-hydrogen) atoms. The maximum atomic E-state index is 14.1. The normalized spacial score (nSPS) is 24.8. The van der Waals surface area contributed by atoms with E-state index in [2.05, 4.69) is 100 Å². The van der Waals surface area contributed by atoms with Gasteiger partial charge in [0.25, 0.3) is 0 Å². The zero-order chi connectivity index (χ0) is 43.2. The Hall–Kier alpha value is -2.92. The third-order valence-corrected chi connectivity index (χ3v) is 24.8. The number of thioether (sulfide) groups is 1. The molecule has 8 atom stereocenters. The predicted octanol–water partition coefficient (Wildman–Crippen LogP) is 11.6. The Morgan fingerprint density at radius 3 is 2.07 bits per heavy atom. The van der Waals surface area contributed by atoms with Gasteiger partial charge in [0.05, 0.1) is 29.8 Å². The summed E-state index contributed by atoms with van der Waals surface area (Å²) < 4.78 is 25.6. The van der Waals surface area contributed by atoms with Crippen LogP contribution in [0, 0.1) is 23.7 Å². The van der Waals surface area contributed by atoms with Crippen molar-refractivity contribution in [3.05, 3.63) is 91.0 Å². The molecular formula is C48H70O7SSi2. The number of ether oxygens (including phenoxy) is 2. The first-order valence-corrected chi connectivity index (χ1v) is 27.0. The summed E-state index contributed by atoms with van der Waals surface area (Å²) in [7, 11) is -4.85. The molecule has 1 N–H and O–H groups in total. The number of hydrogen-bond acceptors (Lipinski definition) is 8. The van der Waals surface area contributed by atoms with Gasteiger partial charge in [0, 0.05) is 30.1 Å². The number of hydrogen-bond donors (Lipinski definition) is 1. The van der Waals surface area contributed by atoms with Crippen LogP contribution < -0.4 is 0 Å². The van der Waals surface area contributed by atoms with Crippen molar-refractivity contribution >= 4 is 40.3 Å². The van der Waals surface area contributed by atoms with Crippen molar-refractivity contribution in [1.82, 2.24) is 0 Å². The molecule has 2 fully saturated rings. The van der Waals surface area contributed by atoms with Crippen LogP contribution in [-0.2, 0) is 23.1 Å². The molecule has 0 spiro atoms. The molecule has 2 aliphatic rings. The second kappa shape index (κ2) is 19.6. The molecule has 2 unspecified atom stereocenters. The molecule has 318 valence electrons. The van der Waals surface area contributed by atoms with Gasteiger partial charge in [0.15, 0.2) is 8.32 Å². The van der Waals surface area contributed by atoms with Crippen molar-refractivity contribution in [2.75, 3.05) is 0 Å². The quantitative estimate of drug-likeness (QED) is 0.0686. The summed E-state index contributed by atoms with van der Waals surface area (Å²) in [6.07, 6.45) is 0.230. The molecular weight excluding hydrogens is 777 g/mol. The summed E-state index contributed by atoms with van der Waals surface area (Å²) in [6, 6.07) is 18.7. The zero-order valence-electron chi connectivity index (χ0n) is 37.2. The molecule has 0 radical (unpaired) electrons. The molecule has 2 aromatic rings. The minimum absolute atomic E-state index is 0.0879. The molecule has 1 aliphatic carbocycles. The van der Waals surface area contributed by atoms with E-state index in [1.54, 1.807) is 30.3 Å². The Bertz CT molecular complexity index is 1760. The molecule has 2 aromatic carbocycles. The van der Waals surface area contributed by atoms with Crippen LogP contribution in [-0.4, -0.2) is 68.9 Å². The Morgan fingerprint density at radius 2 is 1.55 bits per heavy atom. The molecule has 0 amide bonds. The van der Waals surface area contributed by atoms with E-state index in [1.807, 2.05) is 43.3 Å². The Labute approximate surface area is 356 Å². The number of esters is 2. The number of rotatable bonds is 18. The third-order valence-electron chi connectivity index (χ3n) is 12.8. The van der Waals surface area contributed by atoms with E-state index >= 15 is 0 Å². The highest BCUT2D eigenvalue weighted by atomic mass is 32.2. The summed E-state index contributed by atoms with van der Waals surface area (Å²) in [6.45, 7) is 34.9. The van der Waals surface area contributed by atoms with Gasteiger partial charge in [-0.2, -0.15) is 0 Å². The minimum Gasteiger partial charge on any atom is -0.461 e. The standard InChI is InChI=1S/C48H70O7SSi2/c1-15-37(52-45(50)36-23-18-16-19-24-36)25-22-28-40-41(30-42(49)48(56-39-26-20-17-21-27-39)31-38(29-32(2)3)53-46(48)51)44(54-57(13,14)47(10,11)12)43(40)55-58(33(4)5,34(6)7)35(8)9/h15-21,23-24,26-27,33-35,37-38,40-44,49H,1-2,25,29-31H2,3-14H3/t37-,38+,40-,41-,42?,43-,44-,48?/m1/s1. The van der Waals surface area contributed by atoms with Crippen molar-refractivity contribution in [3.8, 4) is 11.8 Å². The maximum absolute atomic E-state index is 14.1. The fourth-order valence-corrected chi connectivity index (χ4v) is 17.0. The summed E-state index contributed by atoms with van der Waals surface area (Å²) in [5.74, 6) is 5.56. The van der Waals surface area contributed by atoms with Crippen LogP contribution in [0.4, 0.5) is 0 Å². The van der Waals surface area contributed by atoms with E-state index in [0.29, 0.717) is 35.0 Å². The van der Waals surface area contributed by atoms with Crippen LogP contribution in [0.2, 0.25) is 34.8 Å². The molecule has 10 heteroatoms. The smallest absolute Gasteiger partial charge is 0.338 e. The second-order valence-electron chi connectivity index (χ2n) is 19.0. The second-order valence-corrected chi connectivity index (χ2v) is 30.5. The topological polar surface area (TPSA) is 91.3 Å². The van der Waals surface area contributed by atoms with Crippen LogP contribution >= 0.6 is 11.8 Å². The van der Waals surface area contributed by atoms with Crippen LogP contribution in [0.15, 0.2) is 90.4 Å². The monoisotopic (exact) mass is 846 g/mol. The Kier molecular flexibility index (Phi) is 16.2. The van der Waals surface area contributed by atoms with Crippen LogP contribution in [0.25, 0.3) is 0 Å². The molecule has 1 heterocycles. The number of carbonyl (C=O) groups excluding carboxylic acids is 2. The Balaban J connectivity index is 1.81. The summed E-state index contributed by atoms with van der Waals surface area (Å²) in [5.41, 5.74) is 2.36. The molecule has 4 rings (SSSR count). The van der Waals surface area contributed by atoms with E-state index in [4.69, 9.17) is 18.3 Å². The van der Waals surface area contributed by atoms with Gasteiger partial charge in [-0.1, -0.05) is 129 Å². The third kappa shape index (κ3) is 10.7. The van der Waals surface area contributed by atoms with Gasteiger partial charge in [-0.25, -0.2) is 4.79 Å². The highest BCUT2D eigenvalue weighted by molar-refractivity contribution is 8.01. The number of benzene rings is 2. The van der Waals surface area contributed by atoms with Crippen molar-refractivity contribution in [3.63, 3.8) is 0 Å². The van der Waals surface area contributed by atoms with Crippen molar-refractivity contribution in [1.29, 1.82) is 0 Å². The van der Waals surface area contributed by atoms with Crippen LogP contribution in [0.1, 0.15) is 105 Å². The average Bonchev–Trinajstić information content (AvgIpc) is 3.45. The minimum atomic E-state index is -2.46. The van der Waals surface area contributed by atoms with Gasteiger partial charge >= 0.3 is 11.9 Å². The average molecular weight is 847 g/mol. The first-order valence-electron chi connectivity index (χ1n) is 21.1. The highest BCUT2D eigenvalue weighted by Crippen LogP contribution is 2.54. The molecule has 0 aromatic heterocycles. The van der Waals surface area contributed by atoms with Crippen LogP contribution in [0.5, 0.6) is 0 Å². The predicted molar refractivity (Wildman–Crippen MR) is 243 cm³/mol. The van der Waals surface area contributed by atoms with Crippen molar-refractivity contribution in [2.45, 2.75) is 170 Å².